The van der Waals surface area contributed by atoms with Crippen LogP contribution in [-0.4, -0.2) is 68.8 Å². The van der Waals surface area contributed by atoms with Crippen molar-refractivity contribution >= 4 is 5.69 Å². The molecule has 4 heteroatoms. The van der Waals surface area contributed by atoms with Gasteiger partial charge in [-0.3, -0.25) is 10.2 Å². The molecule has 2 heterocycles. The molecule has 0 amide bonds. The lowest BCUT2D eigenvalue weighted by Gasteiger charge is -2.43. The summed E-state index contributed by atoms with van der Waals surface area (Å²) in [4.78, 5) is 7.50. The first-order valence-electron chi connectivity index (χ1n) is 7.29. The minimum atomic E-state index is 0.539. The SMILES string of the molecule is CN1CCNC(N2CCN(c3ccccc3)CC2)C1. The van der Waals surface area contributed by atoms with Gasteiger partial charge >= 0.3 is 0 Å². The van der Waals surface area contributed by atoms with E-state index in [2.05, 4.69) is 57.4 Å². The van der Waals surface area contributed by atoms with E-state index in [-0.39, 0.29) is 0 Å². The molecular weight excluding hydrogens is 236 g/mol. The average Bonchev–Trinajstić information content (AvgIpc) is 2.48. The van der Waals surface area contributed by atoms with Crippen LogP contribution in [0.25, 0.3) is 0 Å². The Bertz CT molecular complexity index is 386. The predicted molar refractivity (Wildman–Crippen MR) is 79.5 cm³/mol. The fourth-order valence-electron chi connectivity index (χ4n) is 3.05. The monoisotopic (exact) mass is 260 g/mol. The number of nitrogens with zero attached hydrogens (tertiary/aromatic N) is 3. The van der Waals surface area contributed by atoms with Gasteiger partial charge < -0.3 is 9.80 Å². The number of benzene rings is 1. The zero-order valence-corrected chi connectivity index (χ0v) is 11.8. The summed E-state index contributed by atoms with van der Waals surface area (Å²) in [5, 5.41) is 3.64. The first kappa shape index (κ1) is 12.9. The van der Waals surface area contributed by atoms with Gasteiger partial charge in [-0.05, 0) is 19.2 Å². The van der Waals surface area contributed by atoms with E-state index in [0.717, 1.165) is 39.3 Å². The molecule has 1 atom stereocenters. The second-order valence-corrected chi connectivity index (χ2v) is 5.59. The Morgan fingerprint density at radius 1 is 1.00 bits per heavy atom. The normalized spacial score (nSPS) is 26.6. The van der Waals surface area contributed by atoms with Gasteiger partial charge in [-0.1, -0.05) is 18.2 Å². The van der Waals surface area contributed by atoms with Gasteiger partial charge in [0.1, 0.15) is 0 Å². The summed E-state index contributed by atoms with van der Waals surface area (Å²) >= 11 is 0. The maximum atomic E-state index is 3.64. The maximum Gasteiger partial charge on any atom is 0.0729 e. The highest BCUT2D eigenvalue weighted by atomic mass is 15.4. The minimum Gasteiger partial charge on any atom is -0.369 e. The number of likely N-dealkylation sites (N-methyl/N-ethyl adjacent to an activating group) is 1. The van der Waals surface area contributed by atoms with Gasteiger partial charge in [0.25, 0.3) is 0 Å². The highest BCUT2D eigenvalue weighted by Gasteiger charge is 2.26. The van der Waals surface area contributed by atoms with E-state index in [1.54, 1.807) is 0 Å². The predicted octanol–water partition coefficient (Wildman–Crippen LogP) is 0.670. The molecule has 2 saturated heterocycles. The van der Waals surface area contributed by atoms with Crippen molar-refractivity contribution in [2.75, 3.05) is 57.8 Å². The van der Waals surface area contributed by atoms with E-state index >= 15 is 0 Å². The van der Waals surface area contributed by atoms with Crippen molar-refractivity contribution in [1.29, 1.82) is 0 Å². The summed E-state index contributed by atoms with van der Waals surface area (Å²) in [6.07, 6.45) is 0.539. The molecule has 2 aliphatic heterocycles. The summed E-state index contributed by atoms with van der Waals surface area (Å²) < 4.78 is 0. The number of hydrogen-bond donors (Lipinski definition) is 1. The molecule has 1 aromatic carbocycles. The largest absolute Gasteiger partial charge is 0.369 e. The fourth-order valence-corrected chi connectivity index (χ4v) is 3.05. The van der Waals surface area contributed by atoms with E-state index in [1.165, 1.54) is 12.2 Å². The highest BCUT2D eigenvalue weighted by Crippen LogP contribution is 2.16. The van der Waals surface area contributed by atoms with Gasteiger partial charge in [0, 0.05) is 51.5 Å². The van der Waals surface area contributed by atoms with Crippen LogP contribution in [0.4, 0.5) is 5.69 Å². The lowest BCUT2D eigenvalue weighted by molar-refractivity contribution is 0.0917. The number of anilines is 1. The van der Waals surface area contributed by atoms with Crippen LogP contribution in [0.2, 0.25) is 0 Å². The lowest BCUT2D eigenvalue weighted by atomic mass is 10.2. The number of hydrogen-bond acceptors (Lipinski definition) is 4. The van der Waals surface area contributed by atoms with E-state index in [1.807, 2.05) is 0 Å². The molecule has 2 fully saturated rings. The first-order chi connectivity index (χ1) is 9.33. The van der Waals surface area contributed by atoms with Crippen LogP contribution in [0.1, 0.15) is 0 Å². The van der Waals surface area contributed by atoms with Gasteiger partial charge in [0.05, 0.1) is 6.17 Å². The van der Waals surface area contributed by atoms with Crippen molar-refractivity contribution in [3.8, 4) is 0 Å². The molecule has 104 valence electrons. The van der Waals surface area contributed by atoms with Crippen LogP contribution in [0.5, 0.6) is 0 Å². The Kier molecular flexibility index (Phi) is 4.01. The van der Waals surface area contributed by atoms with Crippen molar-refractivity contribution in [1.82, 2.24) is 15.1 Å². The third-order valence-electron chi connectivity index (χ3n) is 4.23. The van der Waals surface area contributed by atoms with Gasteiger partial charge in [-0.15, -0.1) is 0 Å². The smallest absolute Gasteiger partial charge is 0.0729 e. The van der Waals surface area contributed by atoms with Gasteiger partial charge in [-0.25, -0.2) is 0 Å². The number of piperazine rings is 2. The molecule has 19 heavy (non-hydrogen) atoms. The molecular formula is C15H24N4. The van der Waals surface area contributed by atoms with Crippen LogP contribution >= 0.6 is 0 Å². The Balaban J connectivity index is 1.54. The Labute approximate surface area is 116 Å². The Morgan fingerprint density at radius 2 is 1.74 bits per heavy atom. The molecule has 0 aromatic heterocycles. The number of nitrogens with one attached hydrogen (secondary N) is 1. The second kappa shape index (κ2) is 5.90. The van der Waals surface area contributed by atoms with Crippen molar-refractivity contribution < 1.29 is 0 Å². The van der Waals surface area contributed by atoms with Crippen molar-refractivity contribution in [2.24, 2.45) is 0 Å². The second-order valence-electron chi connectivity index (χ2n) is 5.59. The fraction of sp³-hybridized carbons (Fsp3) is 0.600. The summed E-state index contributed by atoms with van der Waals surface area (Å²) in [7, 11) is 2.22. The van der Waals surface area contributed by atoms with Gasteiger partial charge in [-0.2, -0.15) is 0 Å². The minimum absolute atomic E-state index is 0.539. The van der Waals surface area contributed by atoms with E-state index < -0.39 is 0 Å². The third kappa shape index (κ3) is 3.08. The molecule has 1 aromatic rings. The Hall–Kier alpha value is -1.10. The van der Waals surface area contributed by atoms with Crippen molar-refractivity contribution in [3.63, 3.8) is 0 Å². The first-order valence-corrected chi connectivity index (χ1v) is 7.29. The van der Waals surface area contributed by atoms with Crippen LogP contribution in [0.15, 0.2) is 30.3 Å². The maximum absolute atomic E-state index is 3.64. The zero-order valence-electron chi connectivity index (χ0n) is 11.8. The molecule has 0 aliphatic carbocycles. The molecule has 0 spiro atoms. The quantitative estimate of drug-likeness (QED) is 0.843. The Morgan fingerprint density at radius 3 is 2.42 bits per heavy atom. The van der Waals surface area contributed by atoms with Crippen molar-refractivity contribution in [3.05, 3.63) is 30.3 Å². The summed E-state index contributed by atoms with van der Waals surface area (Å²) in [5.74, 6) is 0. The molecule has 0 saturated carbocycles. The lowest BCUT2D eigenvalue weighted by Crippen LogP contribution is -2.61. The molecule has 4 nitrogen and oxygen atoms in total. The van der Waals surface area contributed by atoms with Crippen LogP contribution < -0.4 is 10.2 Å². The van der Waals surface area contributed by atoms with Crippen LogP contribution in [0.3, 0.4) is 0 Å². The number of para-hydroxylation sites is 1. The molecule has 2 aliphatic rings. The van der Waals surface area contributed by atoms with E-state index in [0.29, 0.717) is 6.17 Å². The van der Waals surface area contributed by atoms with Gasteiger partial charge in [0.15, 0.2) is 0 Å². The van der Waals surface area contributed by atoms with Crippen LogP contribution in [0, 0.1) is 0 Å². The molecule has 0 radical (unpaired) electrons. The summed E-state index contributed by atoms with van der Waals surface area (Å²) in [6, 6.07) is 10.8. The third-order valence-corrected chi connectivity index (χ3v) is 4.23. The van der Waals surface area contributed by atoms with E-state index in [9.17, 15) is 0 Å². The molecule has 1 N–H and O–H groups in total. The summed E-state index contributed by atoms with van der Waals surface area (Å²) in [5.41, 5.74) is 1.36. The van der Waals surface area contributed by atoms with Gasteiger partial charge in [0.2, 0.25) is 0 Å². The standard InChI is InChI=1S/C15H24N4/c1-17-8-7-16-15(13-17)19-11-9-18(10-12-19)14-5-3-2-4-6-14/h2-6,15-16H,7-13H2,1H3. The molecule has 0 bridgehead atoms. The molecule has 3 rings (SSSR count). The zero-order chi connectivity index (χ0) is 13.1. The van der Waals surface area contributed by atoms with Crippen molar-refractivity contribution in [2.45, 2.75) is 6.17 Å². The highest BCUT2D eigenvalue weighted by molar-refractivity contribution is 5.46. The summed E-state index contributed by atoms with van der Waals surface area (Å²) in [6.45, 7) is 7.99. The average molecular weight is 260 g/mol. The number of rotatable bonds is 2. The molecule has 1 unspecified atom stereocenters. The van der Waals surface area contributed by atoms with E-state index in [4.69, 9.17) is 0 Å². The topological polar surface area (TPSA) is 21.8 Å². The van der Waals surface area contributed by atoms with Crippen LogP contribution in [-0.2, 0) is 0 Å².